The Morgan fingerprint density at radius 3 is 2.31 bits per heavy atom. The van der Waals surface area contributed by atoms with Crippen LogP contribution in [-0.2, 0) is 4.79 Å². The van der Waals surface area contributed by atoms with E-state index in [9.17, 15) is 4.79 Å². The van der Waals surface area contributed by atoms with Crippen LogP contribution in [0.4, 0.5) is 0 Å². The molecular formula is C13H27NO2. The largest absolute Gasteiger partial charge is 0.481 e. The monoisotopic (exact) mass is 229 g/mol. The molecule has 0 aliphatic heterocycles. The predicted molar refractivity (Wildman–Crippen MR) is 67.3 cm³/mol. The number of hydrogen-bond donors (Lipinski definition) is 2. The molecular weight excluding hydrogens is 202 g/mol. The third kappa shape index (κ3) is 6.11. The summed E-state index contributed by atoms with van der Waals surface area (Å²) in [6, 6.07) is 0. The first-order valence-corrected chi connectivity index (χ1v) is 6.45. The van der Waals surface area contributed by atoms with Gasteiger partial charge in [-0.15, -0.1) is 0 Å². The zero-order chi connectivity index (χ0) is 12.6. The highest BCUT2D eigenvalue weighted by molar-refractivity contribution is 5.70. The Bertz CT molecular complexity index is 192. The number of unbranched alkanes of at least 4 members (excludes halogenated alkanes) is 2. The summed E-state index contributed by atoms with van der Waals surface area (Å²) in [5.41, 5.74) is 5.57. The van der Waals surface area contributed by atoms with E-state index < -0.39 is 5.97 Å². The van der Waals surface area contributed by atoms with Crippen molar-refractivity contribution in [2.45, 2.75) is 52.9 Å². The van der Waals surface area contributed by atoms with Crippen LogP contribution in [-0.4, -0.2) is 17.6 Å². The molecule has 0 aliphatic rings. The van der Waals surface area contributed by atoms with Gasteiger partial charge in [0, 0.05) is 6.54 Å². The SMILES string of the molecule is CCCCCC(CC(C)C)C(CN)C(=O)O. The number of aliphatic carboxylic acids is 1. The van der Waals surface area contributed by atoms with Crippen LogP contribution in [0.3, 0.4) is 0 Å². The van der Waals surface area contributed by atoms with Gasteiger partial charge in [0.2, 0.25) is 0 Å². The molecule has 0 fully saturated rings. The Kier molecular flexibility index (Phi) is 8.26. The molecule has 0 rings (SSSR count). The summed E-state index contributed by atoms with van der Waals surface area (Å²) in [5.74, 6) is -0.307. The average Bonchev–Trinajstić information content (AvgIpc) is 2.17. The number of hydrogen-bond acceptors (Lipinski definition) is 2. The fourth-order valence-corrected chi connectivity index (χ4v) is 2.24. The van der Waals surface area contributed by atoms with Crippen LogP contribution in [0.1, 0.15) is 52.9 Å². The lowest BCUT2D eigenvalue weighted by Gasteiger charge is -2.24. The lowest BCUT2D eigenvalue weighted by molar-refractivity contribution is -0.143. The molecule has 96 valence electrons. The van der Waals surface area contributed by atoms with E-state index in [1.54, 1.807) is 0 Å². The molecule has 3 heteroatoms. The summed E-state index contributed by atoms with van der Waals surface area (Å²) in [5, 5.41) is 9.13. The topological polar surface area (TPSA) is 63.3 Å². The summed E-state index contributed by atoms with van der Waals surface area (Å²) < 4.78 is 0. The lowest BCUT2D eigenvalue weighted by Crippen LogP contribution is -2.31. The molecule has 0 radical (unpaired) electrons. The molecule has 0 bridgehead atoms. The zero-order valence-electron chi connectivity index (χ0n) is 10.9. The highest BCUT2D eigenvalue weighted by Gasteiger charge is 2.26. The molecule has 0 saturated carbocycles. The number of carboxylic acids is 1. The summed E-state index contributed by atoms with van der Waals surface area (Å²) in [4.78, 5) is 11.1. The molecule has 3 N–H and O–H groups in total. The number of carbonyl (C=O) groups is 1. The minimum atomic E-state index is -0.732. The highest BCUT2D eigenvalue weighted by Crippen LogP contribution is 2.26. The maximum absolute atomic E-state index is 11.1. The average molecular weight is 229 g/mol. The molecule has 0 aromatic heterocycles. The number of rotatable bonds is 9. The zero-order valence-corrected chi connectivity index (χ0v) is 10.9. The summed E-state index contributed by atoms with van der Waals surface area (Å²) in [6.45, 7) is 6.71. The molecule has 0 saturated heterocycles. The van der Waals surface area contributed by atoms with E-state index in [0.717, 1.165) is 19.3 Å². The second-order valence-corrected chi connectivity index (χ2v) is 5.07. The molecule has 2 unspecified atom stereocenters. The third-order valence-electron chi connectivity index (χ3n) is 3.09. The van der Waals surface area contributed by atoms with Gasteiger partial charge in [0.1, 0.15) is 0 Å². The lowest BCUT2D eigenvalue weighted by atomic mass is 9.82. The van der Waals surface area contributed by atoms with E-state index in [1.165, 1.54) is 12.8 Å². The molecule has 0 amide bonds. The summed E-state index contributed by atoms with van der Waals surface area (Å²) in [6.07, 6.45) is 5.45. The van der Waals surface area contributed by atoms with E-state index in [1.807, 2.05) is 0 Å². The third-order valence-corrected chi connectivity index (χ3v) is 3.09. The Labute approximate surface area is 99.4 Å². The van der Waals surface area contributed by atoms with Crippen LogP contribution in [0.2, 0.25) is 0 Å². The Morgan fingerprint density at radius 1 is 1.31 bits per heavy atom. The van der Waals surface area contributed by atoms with Crippen molar-refractivity contribution in [3.05, 3.63) is 0 Å². The Balaban J connectivity index is 4.31. The van der Waals surface area contributed by atoms with Crippen LogP contribution in [0.5, 0.6) is 0 Å². The summed E-state index contributed by atoms with van der Waals surface area (Å²) in [7, 11) is 0. The van der Waals surface area contributed by atoms with E-state index in [0.29, 0.717) is 5.92 Å². The van der Waals surface area contributed by atoms with Crippen molar-refractivity contribution in [3.63, 3.8) is 0 Å². The van der Waals surface area contributed by atoms with E-state index in [-0.39, 0.29) is 18.4 Å². The van der Waals surface area contributed by atoms with Crippen LogP contribution in [0.25, 0.3) is 0 Å². The van der Waals surface area contributed by atoms with Crippen molar-refractivity contribution < 1.29 is 9.90 Å². The second-order valence-electron chi connectivity index (χ2n) is 5.07. The molecule has 0 aromatic carbocycles. The fourth-order valence-electron chi connectivity index (χ4n) is 2.24. The van der Waals surface area contributed by atoms with E-state index >= 15 is 0 Å². The van der Waals surface area contributed by atoms with Gasteiger partial charge in [-0.2, -0.15) is 0 Å². The van der Waals surface area contributed by atoms with Crippen molar-refractivity contribution in [2.24, 2.45) is 23.5 Å². The maximum Gasteiger partial charge on any atom is 0.308 e. The fraction of sp³-hybridized carbons (Fsp3) is 0.923. The molecule has 3 nitrogen and oxygen atoms in total. The first kappa shape index (κ1) is 15.4. The standard InChI is InChI=1S/C13H27NO2/c1-4-5-6-7-11(8-10(2)3)12(9-14)13(15)16/h10-12H,4-9,14H2,1-3H3,(H,15,16). The van der Waals surface area contributed by atoms with Crippen LogP contribution < -0.4 is 5.73 Å². The highest BCUT2D eigenvalue weighted by atomic mass is 16.4. The predicted octanol–water partition coefficient (Wildman–Crippen LogP) is 2.89. The van der Waals surface area contributed by atoms with E-state index in [2.05, 4.69) is 20.8 Å². The molecule has 16 heavy (non-hydrogen) atoms. The van der Waals surface area contributed by atoms with Crippen LogP contribution in [0.15, 0.2) is 0 Å². The smallest absolute Gasteiger partial charge is 0.308 e. The maximum atomic E-state index is 11.1. The van der Waals surface area contributed by atoms with Crippen molar-refractivity contribution in [3.8, 4) is 0 Å². The van der Waals surface area contributed by atoms with Crippen LogP contribution >= 0.6 is 0 Å². The quantitative estimate of drug-likeness (QED) is 0.597. The first-order chi connectivity index (χ1) is 7.52. The molecule has 0 aromatic rings. The molecule has 0 spiro atoms. The van der Waals surface area contributed by atoms with E-state index in [4.69, 9.17) is 10.8 Å². The minimum absolute atomic E-state index is 0.244. The van der Waals surface area contributed by atoms with Crippen molar-refractivity contribution in [1.82, 2.24) is 0 Å². The normalized spacial score (nSPS) is 15.1. The van der Waals surface area contributed by atoms with Gasteiger partial charge in [0.25, 0.3) is 0 Å². The van der Waals surface area contributed by atoms with Gasteiger partial charge >= 0.3 is 5.97 Å². The Morgan fingerprint density at radius 2 is 1.94 bits per heavy atom. The van der Waals surface area contributed by atoms with Crippen LogP contribution in [0, 0.1) is 17.8 Å². The molecule has 0 aliphatic carbocycles. The summed E-state index contributed by atoms with van der Waals surface area (Å²) >= 11 is 0. The van der Waals surface area contributed by atoms with Crippen molar-refractivity contribution in [1.29, 1.82) is 0 Å². The van der Waals surface area contributed by atoms with Gasteiger partial charge in [0.15, 0.2) is 0 Å². The molecule has 0 heterocycles. The van der Waals surface area contributed by atoms with Gasteiger partial charge in [-0.05, 0) is 24.7 Å². The Hall–Kier alpha value is -0.570. The number of carboxylic acid groups (broad SMARTS) is 1. The van der Waals surface area contributed by atoms with Gasteiger partial charge < -0.3 is 10.8 Å². The minimum Gasteiger partial charge on any atom is -0.481 e. The van der Waals surface area contributed by atoms with Gasteiger partial charge in [-0.25, -0.2) is 0 Å². The molecule has 2 atom stereocenters. The number of nitrogens with two attached hydrogens (primary N) is 1. The van der Waals surface area contributed by atoms with Crippen molar-refractivity contribution in [2.75, 3.05) is 6.54 Å². The van der Waals surface area contributed by atoms with Gasteiger partial charge in [0.05, 0.1) is 5.92 Å². The van der Waals surface area contributed by atoms with Gasteiger partial charge in [-0.3, -0.25) is 4.79 Å². The first-order valence-electron chi connectivity index (χ1n) is 6.45. The van der Waals surface area contributed by atoms with Crippen molar-refractivity contribution >= 4 is 5.97 Å². The second kappa shape index (κ2) is 8.57. The van der Waals surface area contributed by atoms with Gasteiger partial charge in [-0.1, -0.05) is 40.0 Å².